The largest absolute Gasteiger partial charge is 0.355 e. The zero-order chi connectivity index (χ0) is 11.5. The van der Waals surface area contributed by atoms with Crippen LogP contribution >= 0.6 is 0 Å². The molecule has 1 N–H and O–H groups in total. The minimum Gasteiger partial charge on any atom is -0.355 e. The molecule has 1 fully saturated rings. The fraction of sp³-hybridized carbons (Fsp3) is 0.923. The van der Waals surface area contributed by atoms with Crippen LogP contribution in [0.3, 0.4) is 0 Å². The van der Waals surface area contributed by atoms with Crippen molar-refractivity contribution in [1.29, 1.82) is 0 Å². The van der Waals surface area contributed by atoms with Gasteiger partial charge in [-0.15, -0.1) is 0 Å². The lowest BCUT2D eigenvalue weighted by Gasteiger charge is -2.30. The molecule has 0 bridgehead atoms. The fourth-order valence-corrected chi connectivity index (χ4v) is 2.19. The molecule has 0 heterocycles. The van der Waals surface area contributed by atoms with Crippen molar-refractivity contribution in [1.82, 2.24) is 5.32 Å². The van der Waals surface area contributed by atoms with Gasteiger partial charge in [0.2, 0.25) is 5.91 Å². The molecule has 1 aliphatic rings. The number of nitrogens with one attached hydrogen (secondary N) is 1. The molecule has 0 aromatic rings. The van der Waals surface area contributed by atoms with Crippen molar-refractivity contribution >= 4 is 5.91 Å². The summed E-state index contributed by atoms with van der Waals surface area (Å²) in [7, 11) is 0. The second-order valence-corrected chi connectivity index (χ2v) is 5.98. The second kappa shape index (κ2) is 5.00. The van der Waals surface area contributed by atoms with E-state index in [-0.39, 0.29) is 11.3 Å². The van der Waals surface area contributed by atoms with E-state index in [1.807, 2.05) is 20.8 Å². The highest BCUT2D eigenvalue weighted by Crippen LogP contribution is 2.29. The molecule has 0 spiro atoms. The highest BCUT2D eigenvalue weighted by Gasteiger charge is 2.25. The minimum atomic E-state index is -0.252. The fourth-order valence-electron chi connectivity index (χ4n) is 2.19. The third kappa shape index (κ3) is 3.84. The zero-order valence-corrected chi connectivity index (χ0v) is 10.6. The molecular weight excluding hydrogens is 186 g/mol. The summed E-state index contributed by atoms with van der Waals surface area (Å²) in [6.45, 7) is 9.08. The van der Waals surface area contributed by atoms with E-state index in [2.05, 4.69) is 12.2 Å². The van der Waals surface area contributed by atoms with Crippen LogP contribution in [-0.2, 0) is 4.79 Å². The number of carbonyl (C=O) groups is 1. The van der Waals surface area contributed by atoms with Gasteiger partial charge in [0, 0.05) is 12.0 Å². The first-order chi connectivity index (χ1) is 6.91. The Morgan fingerprint density at radius 1 is 1.27 bits per heavy atom. The third-order valence-corrected chi connectivity index (χ3v) is 3.50. The van der Waals surface area contributed by atoms with E-state index < -0.39 is 0 Å². The highest BCUT2D eigenvalue weighted by atomic mass is 16.2. The Morgan fingerprint density at radius 2 is 1.87 bits per heavy atom. The van der Waals surface area contributed by atoms with E-state index >= 15 is 0 Å². The van der Waals surface area contributed by atoms with Gasteiger partial charge >= 0.3 is 0 Å². The predicted molar refractivity (Wildman–Crippen MR) is 63.6 cm³/mol. The van der Waals surface area contributed by atoms with Crippen molar-refractivity contribution in [2.75, 3.05) is 6.54 Å². The van der Waals surface area contributed by atoms with Crippen LogP contribution in [0.4, 0.5) is 0 Å². The van der Waals surface area contributed by atoms with E-state index in [0.29, 0.717) is 5.92 Å². The van der Waals surface area contributed by atoms with E-state index in [4.69, 9.17) is 0 Å². The van der Waals surface area contributed by atoms with E-state index in [1.54, 1.807) is 0 Å². The van der Waals surface area contributed by atoms with Crippen molar-refractivity contribution in [2.45, 2.75) is 53.4 Å². The van der Waals surface area contributed by atoms with Gasteiger partial charge < -0.3 is 5.32 Å². The first-order valence-corrected chi connectivity index (χ1v) is 6.19. The van der Waals surface area contributed by atoms with Crippen molar-refractivity contribution in [3.63, 3.8) is 0 Å². The maximum Gasteiger partial charge on any atom is 0.225 e. The molecule has 2 heteroatoms. The normalized spacial score (nSPS) is 27.5. The summed E-state index contributed by atoms with van der Waals surface area (Å²) in [6.07, 6.45) is 5.31. The molecule has 0 radical (unpaired) electrons. The SMILES string of the molecule is CC1CCCCC1CNC(=O)C(C)(C)C. The Labute approximate surface area is 93.8 Å². The molecule has 2 atom stereocenters. The first-order valence-electron chi connectivity index (χ1n) is 6.19. The summed E-state index contributed by atoms with van der Waals surface area (Å²) >= 11 is 0. The standard InChI is InChI=1S/C13H25NO/c1-10-7-5-6-8-11(10)9-14-12(15)13(2,3)4/h10-11H,5-9H2,1-4H3,(H,14,15). The molecular formula is C13H25NO. The molecule has 0 aliphatic heterocycles. The van der Waals surface area contributed by atoms with Crippen LogP contribution in [0, 0.1) is 17.3 Å². The van der Waals surface area contributed by atoms with E-state index in [0.717, 1.165) is 12.5 Å². The van der Waals surface area contributed by atoms with Crippen LogP contribution in [0.15, 0.2) is 0 Å². The van der Waals surface area contributed by atoms with Crippen LogP contribution in [-0.4, -0.2) is 12.5 Å². The van der Waals surface area contributed by atoms with E-state index in [9.17, 15) is 4.79 Å². The zero-order valence-electron chi connectivity index (χ0n) is 10.6. The molecule has 1 amide bonds. The quantitative estimate of drug-likeness (QED) is 0.747. The number of amides is 1. The summed E-state index contributed by atoms with van der Waals surface area (Å²) in [5.74, 6) is 1.66. The van der Waals surface area contributed by atoms with Crippen LogP contribution in [0.1, 0.15) is 53.4 Å². The van der Waals surface area contributed by atoms with Gasteiger partial charge in [0.25, 0.3) is 0 Å². The minimum absolute atomic E-state index is 0.181. The summed E-state index contributed by atoms with van der Waals surface area (Å²) in [5.41, 5.74) is -0.252. The van der Waals surface area contributed by atoms with Crippen molar-refractivity contribution in [2.24, 2.45) is 17.3 Å². The lowest BCUT2D eigenvalue weighted by atomic mass is 9.80. The Balaban J connectivity index is 2.33. The number of hydrogen-bond acceptors (Lipinski definition) is 1. The van der Waals surface area contributed by atoms with Crippen LogP contribution in [0.25, 0.3) is 0 Å². The van der Waals surface area contributed by atoms with Gasteiger partial charge in [0.05, 0.1) is 0 Å². The van der Waals surface area contributed by atoms with Gasteiger partial charge in [-0.3, -0.25) is 4.79 Å². The molecule has 15 heavy (non-hydrogen) atoms. The van der Waals surface area contributed by atoms with Crippen LogP contribution in [0.2, 0.25) is 0 Å². The second-order valence-electron chi connectivity index (χ2n) is 5.98. The van der Waals surface area contributed by atoms with Gasteiger partial charge in [-0.25, -0.2) is 0 Å². The van der Waals surface area contributed by atoms with Crippen LogP contribution < -0.4 is 5.32 Å². The lowest BCUT2D eigenvalue weighted by Crippen LogP contribution is -2.39. The number of rotatable bonds is 2. The van der Waals surface area contributed by atoms with Gasteiger partial charge in [-0.2, -0.15) is 0 Å². The molecule has 0 aromatic carbocycles. The van der Waals surface area contributed by atoms with Gasteiger partial charge in [0.15, 0.2) is 0 Å². The van der Waals surface area contributed by atoms with Gasteiger partial charge in [-0.1, -0.05) is 47.0 Å². The molecule has 2 unspecified atom stereocenters. The Bertz CT molecular complexity index is 217. The summed E-state index contributed by atoms with van der Waals surface area (Å²) < 4.78 is 0. The summed E-state index contributed by atoms with van der Waals surface area (Å²) in [4.78, 5) is 11.7. The molecule has 88 valence electrons. The topological polar surface area (TPSA) is 29.1 Å². The number of carbonyl (C=O) groups excluding carboxylic acids is 1. The lowest BCUT2D eigenvalue weighted by molar-refractivity contribution is -0.128. The molecule has 1 rings (SSSR count). The monoisotopic (exact) mass is 211 g/mol. The maximum atomic E-state index is 11.7. The average Bonchev–Trinajstić information content (AvgIpc) is 2.14. The smallest absolute Gasteiger partial charge is 0.225 e. The molecule has 2 nitrogen and oxygen atoms in total. The molecule has 0 saturated heterocycles. The Hall–Kier alpha value is -0.530. The van der Waals surface area contributed by atoms with Gasteiger partial charge in [-0.05, 0) is 18.3 Å². The summed E-state index contributed by atoms with van der Waals surface area (Å²) in [6, 6.07) is 0. The predicted octanol–water partition coefficient (Wildman–Crippen LogP) is 2.98. The average molecular weight is 211 g/mol. The Kier molecular flexibility index (Phi) is 4.18. The van der Waals surface area contributed by atoms with Gasteiger partial charge in [0.1, 0.15) is 0 Å². The van der Waals surface area contributed by atoms with Crippen molar-refractivity contribution in [3.8, 4) is 0 Å². The summed E-state index contributed by atoms with van der Waals surface area (Å²) in [5, 5.41) is 3.08. The van der Waals surface area contributed by atoms with Crippen molar-refractivity contribution < 1.29 is 4.79 Å². The molecule has 1 saturated carbocycles. The highest BCUT2D eigenvalue weighted by molar-refractivity contribution is 5.81. The van der Waals surface area contributed by atoms with E-state index in [1.165, 1.54) is 25.7 Å². The number of hydrogen-bond donors (Lipinski definition) is 1. The third-order valence-electron chi connectivity index (χ3n) is 3.50. The van der Waals surface area contributed by atoms with Crippen LogP contribution in [0.5, 0.6) is 0 Å². The Morgan fingerprint density at radius 3 is 2.40 bits per heavy atom. The first kappa shape index (κ1) is 12.5. The molecule has 0 aromatic heterocycles. The molecule has 1 aliphatic carbocycles. The maximum absolute atomic E-state index is 11.7. The van der Waals surface area contributed by atoms with Crippen molar-refractivity contribution in [3.05, 3.63) is 0 Å².